The quantitative estimate of drug-likeness (QED) is 0.219. The third kappa shape index (κ3) is 5.79. The zero-order valence-electron chi connectivity index (χ0n) is 17.2. The standard InChI is InChI=1S/C23H20BrN7O/c1-32-20-13-12-16(14-19(20)24)15-25-31-23-29-21(26-17-8-4-2-5-9-17)28-22(30-23)27-18-10-6-3-7-11-18/h2-15H,1H3,(H3,26,27,28,29,30,31)/b25-15-. The molecule has 0 aliphatic carbocycles. The molecule has 3 N–H and O–H groups in total. The fraction of sp³-hybridized carbons (Fsp3) is 0.0435. The number of para-hydroxylation sites is 2. The summed E-state index contributed by atoms with van der Waals surface area (Å²) in [5.41, 5.74) is 5.48. The van der Waals surface area contributed by atoms with Crippen LogP contribution in [0.4, 0.5) is 29.2 Å². The summed E-state index contributed by atoms with van der Waals surface area (Å²) in [7, 11) is 1.62. The van der Waals surface area contributed by atoms with Crippen molar-refractivity contribution in [3.8, 4) is 5.75 Å². The van der Waals surface area contributed by atoms with Crippen LogP contribution in [0.3, 0.4) is 0 Å². The molecule has 9 heteroatoms. The number of ether oxygens (including phenoxy) is 1. The summed E-state index contributed by atoms with van der Waals surface area (Å²) < 4.78 is 6.09. The molecule has 8 nitrogen and oxygen atoms in total. The lowest BCUT2D eigenvalue weighted by atomic mass is 10.2. The van der Waals surface area contributed by atoms with E-state index in [0.717, 1.165) is 27.2 Å². The lowest BCUT2D eigenvalue weighted by Gasteiger charge is -2.10. The zero-order valence-corrected chi connectivity index (χ0v) is 18.7. The zero-order chi connectivity index (χ0) is 22.2. The van der Waals surface area contributed by atoms with Gasteiger partial charge < -0.3 is 15.4 Å². The molecule has 0 unspecified atom stereocenters. The number of hydrazone groups is 1. The van der Waals surface area contributed by atoms with E-state index in [0.29, 0.717) is 17.8 Å². The SMILES string of the molecule is COc1ccc(/C=N\Nc2nc(Nc3ccccc3)nc(Nc3ccccc3)n2)cc1Br. The van der Waals surface area contributed by atoms with E-state index in [1.807, 2.05) is 78.9 Å². The van der Waals surface area contributed by atoms with Crippen LogP contribution < -0.4 is 20.8 Å². The summed E-state index contributed by atoms with van der Waals surface area (Å²) in [5, 5.41) is 10.6. The molecule has 32 heavy (non-hydrogen) atoms. The number of rotatable bonds is 8. The summed E-state index contributed by atoms with van der Waals surface area (Å²) in [6.07, 6.45) is 1.67. The van der Waals surface area contributed by atoms with E-state index >= 15 is 0 Å². The number of methoxy groups -OCH3 is 1. The number of anilines is 5. The lowest BCUT2D eigenvalue weighted by molar-refractivity contribution is 0.412. The molecule has 4 aromatic rings. The maximum absolute atomic E-state index is 5.25. The van der Waals surface area contributed by atoms with E-state index in [4.69, 9.17) is 4.74 Å². The van der Waals surface area contributed by atoms with Gasteiger partial charge in [-0.1, -0.05) is 36.4 Å². The van der Waals surface area contributed by atoms with Crippen LogP contribution in [0.15, 0.2) is 88.4 Å². The third-order valence-corrected chi connectivity index (χ3v) is 4.87. The van der Waals surface area contributed by atoms with Crippen molar-refractivity contribution < 1.29 is 4.74 Å². The second-order valence-electron chi connectivity index (χ2n) is 6.55. The van der Waals surface area contributed by atoms with Crippen LogP contribution in [-0.2, 0) is 0 Å². The topological polar surface area (TPSA) is 96.4 Å². The van der Waals surface area contributed by atoms with Gasteiger partial charge in [0.2, 0.25) is 17.8 Å². The Bertz CT molecular complexity index is 1140. The highest BCUT2D eigenvalue weighted by Crippen LogP contribution is 2.25. The van der Waals surface area contributed by atoms with Crippen LogP contribution in [-0.4, -0.2) is 28.3 Å². The molecule has 0 radical (unpaired) electrons. The average Bonchev–Trinajstić information content (AvgIpc) is 2.80. The molecule has 0 aliphatic heterocycles. The van der Waals surface area contributed by atoms with Gasteiger partial charge in [0.25, 0.3) is 0 Å². The van der Waals surface area contributed by atoms with Gasteiger partial charge in [-0.15, -0.1) is 0 Å². The van der Waals surface area contributed by atoms with Crippen molar-refractivity contribution in [2.75, 3.05) is 23.2 Å². The first kappa shape index (κ1) is 21.3. The number of aromatic nitrogens is 3. The van der Waals surface area contributed by atoms with Crippen molar-refractivity contribution in [2.24, 2.45) is 5.10 Å². The third-order valence-electron chi connectivity index (χ3n) is 4.25. The molecule has 0 saturated heterocycles. The van der Waals surface area contributed by atoms with Crippen LogP contribution in [0.5, 0.6) is 5.75 Å². The maximum Gasteiger partial charge on any atom is 0.250 e. The van der Waals surface area contributed by atoms with E-state index in [1.165, 1.54) is 0 Å². The molecule has 4 rings (SSSR count). The van der Waals surface area contributed by atoms with Crippen molar-refractivity contribution >= 4 is 51.4 Å². The van der Waals surface area contributed by atoms with Crippen LogP contribution >= 0.6 is 15.9 Å². The van der Waals surface area contributed by atoms with E-state index in [1.54, 1.807) is 13.3 Å². The van der Waals surface area contributed by atoms with E-state index in [2.05, 4.69) is 52.0 Å². The molecular formula is C23H20BrN7O. The van der Waals surface area contributed by atoms with Gasteiger partial charge in [-0.2, -0.15) is 20.1 Å². The number of nitrogens with one attached hydrogen (secondary N) is 3. The van der Waals surface area contributed by atoms with Crippen molar-refractivity contribution in [1.29, 1.82) is 0 Å². The molecule has 0 atom stereocenters. The van der Waals surface area contributed by atoms with Gasteiger partial charge in [-0.3, -0.25) is 0 Å². The van der Waals surface area contributed by atoms with Crippen molar-refractivity contribution in [3.05, 3.63) is 88.9 Å². The van der Waals surface area contributed by atoms with Gasteiger partial charge in [-0.25, -0.2) is 5.43 Å². The van der Waals surface area contributed by atoms with Crippen LogP contribution in [0.25, 0.3) is 0 Å². The molecule has 0 saturated carbocycles. The second kappa shape index (κ2) is 10.4. The van der Waals surface area contributed by atoms with Gasteiger partial charge in [0.1, 0.15) is 5.75 Å². The van der Waals surface area contributed by atoms with Crippen LogP contribution in [0.2, 0.25) is 0 Å². The number of hydrogen-bond donors (Lipinski definition) is 3. The highest BCUT2D eigenvalue weighted by Gasteiger charge is 2.07. The predicted molar refractivity (Wildman–Crippen MR) is 131 cm³/mol. The summed E-state index contributed by atoms with van der Waals surface area (Å²) in [4.78, 5) is 13.3. The summed E-state index contributed by atoms with van der Waals surface area (Å²) in [6, 6.07) is 25.0. The van der Waals surface area contributed by atoms with Crippen molar-refractivity contribution in [3.63, 3.8) is 0 Å². The smallest absolute Gasteiger partial charge is 0.250 e. The Morgan fingerprint density at radius 3 is 1.88 bits per heavy atom. The van der Waals surface area contributed by atoms with Crippen LogP contribution in [0, 0.1) is 0 Å². The number of halogens is 1. The Morgan fingerprint density at radius 1 is 0.781 bits per heavy atom. The molecule has 0 amide bonds. The largest absolute Gasteiger partial charge is 0.496 e. The first-order valence-electron chi connectivity index (χ1n) is 9.72. The van der Waals surface area contributed by atoms with E-state index < -0.39 is 0 Å². The van der Waals surface area contributed by atoms with E-state index in [-0.39, 0.29) is 0 Å². The normalized spacial score (nSPS) is 10.7. The first-order chi connectivity index (χ1) is 15.7. The average molecular weight is 490 g/mol. The Labute approximate surface area is 193 Å². The fourth-order valence-electron chi connectivity index (χ4n) is 2.77. The first-order valence-corrected chi connectivity index (χ1v) is 10.5. The monoisotopic (exact) mass is 489 g/mol. The molecule has 0 fully saturated rings. The minimum Gasteiger partial charge on any atom is -0.496 e. The van der Waals surface area contributed by atoms with Crippen LogP contribution in [0.1, 0.15) is 5.56 Å². The minimum atomic E-state index is 0.292. The van der Waals surface area contributed by atoms with Gasteiger partial charge in [0, 0.05) is 11.4 Å². The fourth-order valence-corrected chi connectivity index (χ4v) is 3.32. The Hall–Kier alpha value is -3.98. The van der Waals surface area contributed by atoms with E-state index in [9.17, 15) is 0 Å². The maximum atomic E-state index is 5.25. The highest BCUT2D eigenvalue weighted by atomic mass is 79.9. The molecule has 0 bridgehead atoms. The predicted octanol–water partition coefficient (Wildman–Crippen LogP) is 5.58. The second-order valence-corrected chi connectivity index (χ2v) is 7.41. The highest BCUT2D eigenvalue weighted by molar-refractivity contribution is 9.10. The minimum absolute atomic E-state index is 0.292. The molecular weight excluding hydrogens is 470 g/mol. The summed E-state index contributed by atoms with van der Waals surface area (Å²) in [5.74, 6) is 1.81. The van der Waals surface area contributed by atoms with Gasteiger partial charge >= 0.3 is 0 Å². The van der Waals surface area contributed by atoms with Gasteiger partial charge in [-0.05, 0) is 64.0 Å². The van der Waals surface area contributed by atoms with Gasteiger partial charge in [0.05, 0.1) is 17.8 Å². The van der Waals surface area contributed by atoms with Gasteiger partial charge in [0.15, 0.2) is 0 Å². The molecule has 0 spiro atoms. The Morgan fingerprint density at radius 2 is 1.34 bits per heavy atom. The molecule has 160 valence electrons. The molecule has 1 heterocycles. The summed E-state index contributed by atoms with van der Waals surface area (Å²) in [6.45, 7) is 0. The van der Waals surface area contributed by atoms with Crippen molar-refractivity contribution in [2.45, 2.75) is 0 Å². The Balaban J connectivity index is 1.56. The molecule has 1 aromatic heterocycles. The number of nitrogens with zero attached hydrogens (tertiary/aromatic N) is 4. The molecule has 0 aliphatic rings. The summed E-state index contributed by atoms with van der Waals surface area (Å²) >= 11 is 3.47. The lowest BCUT2D eigenvalue weighted by Crippen LogP contribution is -2.07. The number of benzene rings is 3. The number of hydrogen-bond acceptors (Lipinski definition) is 8. The Kier molecular flexibility index (Phi) is 6.88. The molecule has 3 aromatic carbocycles. The van der Waals surface area contributed by atoms with Crippen molar-refractivity contribution in [1.82, 2.24) is 15.0 Å².